The van der Waals surface area contributed by atoms with E-state index in [1.165, 1.54) is 0 Å². The van der Waals surface area contributed by atoms with Crippen LogP contribution in [0.3, 0.4) is 0 Å². The lowest BCUT2D eigenvalue weighted by Crippen LogP contribution is -2.29. The lowest BCUT2D eigenvalue weighted by molar-refractivity contribution is -0.139. The Kier molecular flexibility index (Phi) is 8.83. The number of carbonyl (C=O) groups is 1. The Morgan fingerprint density at radius 3 is 2.93 bits per heavy atom. The van der Waals surface area contributed by atoms with E-state index in [-0.39, 0.29) is 30.7 Å². The van der Waals surface area contributed by atoms with Gasteiger partial charge in [0.15, 0.2) is 11.8 Å². The summed E-state index contributed by atoms with van der Waals surface area (Å²) >= 11 is 9.07. The van der Waals surface area contributed by atoms with Crippen LogP contribution in [0.5, 0.6) is 0 Å². The number of nitrogens with zero attached hydrogens (tertiary/aromatic N) is 1. The van der Waals surface area contributed by atoms with Gasteiger partial charge in [-0.15, -0.1) is 0 Å². The van der Waals surface area contributed by atoms with Crippen LogP contribution in [0.25, 0.3) is 0 Å². The zero-order chi connectivity index (χ0) is 21.4. The number of esters is 1. The molecule has 6 nitrogen and oxygen atoms in total. The average molecular weight is 488 g/mol. The molecule has 0 aromatic rings. The van der Waals surface area contributed by atoms with E-state index >= 15 is 0 Å². The van der Waals surface area contributed by atoms with E-state index in [1.54, 1.807) is 0 Å². The van der Waals surface area contributed by atoms with Gasteiger partial charge < -0.3 is 19.9 Å². The van der Waals surface area contributed by atoms with E-state index < -0.39 is 5.97 Å². The molecule has 2 N–H and O–H groups in total. The predicted molar refractivity (Wildman–Crippen MR) is 118 cm³/mol. The molecule has 2 rings (SSSR count). The summed E-state index contributed by atoms with van der Waals surface area (Å²) in [6, 6.07) is -0.191. The number of hydrogen-bond donors (Lipinski definition) is 1. The van der Waals surface area contributed by atoms with E-state index in [9.17, 15) is 4.79 Å². The van der Waals surface area contributed by atoms with Gasteiger partial charge in [-0.05, 0) is 36.4 Å². The summed E-state index contributed by atoms with van der Waals surface area (Å²) in [5, 5.41) is 0. The number of aliphatic imine (C=N–C) groups is 1. The van der Waals surface area contributed by atoms with E-state index in [1.807, 2.05) is 31.2 Å². The smallest absolute Gasteiger partial charge is 0.328 e. The van der Waals surface area contributed by atoms with Crippen LogP contribution >= 0.6 is 27.5 Å². The van der Waals surface area contributed by atoms with Crippen LogP contribution in [0.15, 0.2) is 51.0 Å². The van der Waals surface area contributed by atoms with Crippen molar-refractivity contribution in [2.45, 2.75) is 40.0 Å². The number of carbonyl (C=O) groups excluding carboxylic acids is 1. The maximum Gasteiger partial charge on any atom is 0.328 e. The van der Waals surface area contributed by atoms with E-state index in [0.29, 0.717) is 12.1 Å². The fourth-order valence-electron chi connectivity index (χ4n) is 3.12. The Labute approximate surface area is 185 Å². The van der Waals surface area contributed by atoms with Crippen molar-refractivity contribution in [3.8, 4) is 0 Å². The molecular weight excluding hydrogens is 460 g/mol. The highest BCUT2D eigenvalue weighted by molar-refractivity contribution is 9.11. The van der Waals surface area contributed by atoms with Crippen LogP contribution in [0.1, 0.15) is 40.0 Å². The number of rotatable bonds is 9. The van der Waals surface area contributed by atoms with Crippen molar-refractivity contribution in [1.29, 1.82) is 0 Å². The number of ether oxygens (including phenoxy) is 3. The standard InChI is InChI=1S/C21H28BrClN2O4/c1-4-15(22)10-21(3,5-2)19(25-11-20(26)27-12-23)9-16(24)14-6-7-17-18(8-14)29-13-28-17/h4,6-7,9,14H,5,8,10-13,24H2,1-3H3/b15-4+,16-9?,25-19?. The second-order valence-electron chi connectivity index (χ2n) is 7.16. The van der Waals surface area contributed by atoms with Gasteiger partial charge in [-0.3, -0.25) is 9.79 Å². The number of nitrogens with two attached hydrogens (primary N) is 1. The van der Waals surface area contributed by atoms with E-state index in [4.69, 9.17) is 31.5 Å². The van der Waals surface area contributed by atoms with Gasteiger partial charge in [-0.1, -0.05) is 53.5 Å². The molecule has 0 bridgehead atoms. The number of allylic oxidation sites excluding steroid dienone is 6. The van der Waals surface area contributed by atoms with Crippen molar-refractivity contribution in [3.05, 3.63) is 46.0 Å². The zero-order valence-electron chi connectivity index (χ0n) is 17.0. The number of hydrogen-bond acceptors (Lipinski definition) is 6. The van der Waals surface area contributed by atoms with Crippen LogP contribution in [-0.2, 0) is 19.0 Å². The molecule has 1 aliphatic heterocycles. The summed E-state index contributed by atoms with van der Waals surface area (Å²) in [7, 11) is 0. The van der Waals surface area contributed by atoms with Crippen LogP contribution < -0.4 is 5.73 Å². The molecule has 1 heterocycles. The van der Waals surface area contributed by atoms with Crippen LogP contribution in [0.4, 0.5) is 0 Å². The molecule has 160 valence electrons. The van der Waals surface area contributed by atoms with Crippen LogP contribution in [0, 0.1) is 11.3 Å². The second kappa shape index (κ2) is 10.9. The Morgan fingerprint density at radius 2 is 2.28 bits per heavy atom. The minimum Gasteiger partial charge on any atom is -0.458 e. The lowest BCUT2D eigenvalue weighted by atomic mass is 9.78. The fourth-order valence-corrected chi connectivity index (χ4v) is 3.86. The molecule has 0 fully saturated rings. The van der Waals surface area contributed by atoms with Gasteiger partial charge in [-0.25, -0.2) is 0 Å². The van der Waals surface area contributed by atoms with E-state index in [2.05, 4.69) is 34.8 Å². The highest BCUT2D eigenvalue weighted by Crippen LogP contribution is 2.36. The highest BCUT2D eigenvalue weighted by Gasteiger charge is 2.30. The third-order valence-electron chi connectivity index (χ3n) is 5.20. The maximum absolute atomic E-state index is 11.8. The monoisotopic (exact) mass is 486 g/mol. The minimum absolute atomic E-state index is 0.0262. The Balaban J connectivity index is 2.30. The lowest BCUT2D eigenvalue weighted by Gasteiger charge is -2.30. The SMILES string of the molecule is C/C=C(/Br)CC(C)(CC)C(C=C(N)C1C=CC2=C(C1)OCO2)=NCC(=O)OCCl. The first-order valence-corrected chi connectivity index (χ1v) is 10.9. The molecule has 0 saturated carbocycles. The van der Waals surface area contributed by atoms with Gasteiger partial charge in [-0.2, -0.15) is 0 Å². The zero-order valence-corrected chi connectivity index (χ0v) is 19.4. The van der Waals surface area contributed by atoms with Gasteiger partial charge in [0.25, 0.3) is 0 Å². The predicted octanol–water partition coefficient (Wildman–Crippen LogP) is 4.91. The summed E-state index contributed by atoms with van der Waals surface area (Å²) in [6.45, 7) is 6.31. The average Bonchev–Trinajstić information content (AvgIpc) is 3.18. The molecule has 0 amide bonds. The molecule has 2 unspecified atom stereocenters. The quantitative estimate of drug-likeness (QED) is 0.284. The third kappa shape index (κ3) is 6.37. The Bertz CT molecular complexity index is 773. The molecule has 29 heavy (non-hydrogen) atoms. The molecule has 0 radical (unpaired) electrons. The first-order valence-electron chi connectivity index (χ1n) is 9.54. The summed E-state index contributed by atoms with van der Waals surface area (Å²) in [5.41, 5.74) is 7.55. The molecule has 1 aliphatic carbocycles. The molecule has 2 atom stereocenters. The van der Waals surface area contributed by atoms with Gasteiger partial charge in [0.05, 0.1) is 0 Å². The van der Waals surface area contributed by atoms with E-state index in [0.717, 1.165) is 34.6 Å². The highest BCUT2D eigenvalue weighted by atomic mass is 79.9. The molecule has 0 aromatic carbocycles. The van der Waals surface area contributed by atoms with Gasteiger partial charge >= 0.3 is 5.97 Å². The summed E-state index contributed by atoms with van der Waals surface area (Å²) in [5.74, 6) is 1.08. The van der Waals surface area contributed by atoms with Crippen molar-refractivity contribution in [2.24, 2.45) is 22.1 Å². The molecule has 2 aliphatic rings. The topological polar surface area (TPSA) is 83.1 Å². The summed E-state index contributed by atoms with van der Waals surface area (Å²) in [4.78, 5) is 16.4. The van der Waals surface area contributed by atoms with Crippen molar-refractivity contribution in [2.75, 3.05) is 19.4 Å². The molecule has 0 saturated heterocycles. The normalized spacial score (nSPS) is 22.0. The minimum atomic E-state index is -0.475. The largest absolute Gasteiger partial charge is 0.458 e. The maximum atomic E-state index is 11.8. The van der Waals surface area contributed by atoms with Gasteiger partial charge in [0.1, 0.15) is 12.3 Å². The Hall–Kier alpha value is -1.73. The molecule has 8 heteroatoms. The fraction of sp³-hybridized carbons (Fsp3) is 0.524. The molecule has 0 spiro atoms. The number of alkyl halides is 1. The van der Waals surface area contributed by atoms with Gasteiger partial charge in [0, 0.05) is 29.2 Å². The summed E-state index contributed by atoms with van der Waals surface area (Å²) in [6.07, 6.45) is 9.97. The van der Waals surface area contributed by atoms with Crippen LogP contribution in [0.2, 0.25) is 0 Å². The first kappa shape index (κ1) is 23.5. The van der Waals surface area contributed by atoms with Crippen molar-refractivity contribution in [3.63, 3.8) is 0 Å². The Morgan fingerprint density at radius 1 is 1.52 bits per heavy atom. The molecule has 0 aromatic heterocycles. The van der Waals surface area contributed by atoms with Crippen molar-refractivity contribution in [1.82, 2.24) is 0 Å². The van der Waals surface area contributed by atoms with Gasteiger partial charge in [0.2, 0.25) is 6.79 Å². The van der Waals surface area contributed by atoms with Crippen molar-refractivity contribution < 1.29 is 19.0 Å². The third-order valence-corrected chi connectivity index (χ3v) is 6.05. The molecular formula is C21H28BrClN2O4. The first-order chi connectivity index (χ1) is 13.8. The van der Waals surface area contributed by atoms with Crippen LogP contribution in [-0.4, -0.2) is 31.1 Å². The van der Waals surface area contributed by atoms with Crippen molar-refractivity contribution >= 4 is 39.2 Å². The summed E-state index contributed by atoms with van der Waals surface area (Å²) < 4.78 is 16.8. The second-order valence-corrected chi connectivity index (χ2v) is 8.40. The number of halogens is 2.